The lowest BCUT2D eigenvalue weighted by Crippen LogP contribution is -2.28. The maximum absolute atomic E-state index is 12.8. The molecule has 1 atom stereocenters. The number of rotatable bonds is 5. The minimum Gasteiger partial charge on any atom is -0.343 e. The van der Waals surface area contributed by atoms with E-state index in [1.165, 1.54) is 12.8 Å². The molecule has 1 N–H and O–H groups in total. The number of hydrogen-bond donors (Lipinski definition) is 1. The van der Waals surface area contributed by atoms with E-state index in [0.717, 1.165) is 16.3 Å². The summed E-state index contributed by atoms with van der Waals surface area (Å²) in [4.78, 5) is 14.0. The summed E-state index contributed by atoms with van der Waals surface area (Å²) >= 11 is 1.65. The van der Waals surface area contributed by atoms with Gasteiger partial charge in [0.1, 0.15) is 5.69 Å². The molecule has 0 bridgehead atoms. The van der Waals surface area contributed by atoms with E-state index >= 15 is 0 Å². The van der Waals surface area contributed by atoms with E-state index in [0.29, 0.717) is 11.6 Å². The van der Waals surface area contributed by atoms with Crippen molar-refractivity contribution in [3.8, 4) is 5.69 Å². The maximum Gasteiger partial charge on any atom is 0.270 e. The molecule has 122 valence electrons. The highest BCUT2D eigenvalue weighted by Crippen LogP contribution is 2.39. The molecule has 1 aliphatic rings. The van der Waals surface area contributed by atoms with Crippen molar-refractivity contribution in [2.45, 2.75) is 31.7 Å². The molecule has 0 saturated heterocycles. The number of carbonyl (C=O) groups is 1. The molecule has 0 unspecified atom stereocenters. The van der Waals surface area contributed by atoms with Crippen molar-refractivity contribution in [2.24, 2.45) is 0 Å². The van der Waals surface area contributed by atoms with Crippen molar-refractivity contribution in [2.75, 3.05) is 0 Å². The SMILES string of the molecule is C[C@H](NC(=O)c1cc(C2CC2)nn1-c1ccccc1)c1cccs1. The van der Waals surface area contributed by atoms with E-state index in [2.05, 4.69) is 5.32 Å². The van der Waals surface area contributed by atoms with Crippen molar-refractivity contribution in [3.05, 3.63) is 70.2 Å². The smallest absolute Gasteiger partial charge is 0.270 e. The zero-order chi connectivity index (χ0) is 16.5. The minimum atomic E-state index is -0.0841. The Bertz CT molecular complexity index is 835. The van der Waals surface area contributed by atoms with Crippen LogP contribution in [-0.4, -0.2) is 15.7 Å². The first kappa shape index (κ1) is 15.1. The topological polar surface area (TPSA) is 46.9 Å². The van der Waals surface area contributed by atoms with Gasteiger partial charge in [0.2, 0.25) is 0 Å². The van der Waals surface area contributed by atoms with Crippen LogP contribution in [0, 0.1) is 0 Å². The molecule has 1 aliphatic carbocycles. The number of thiophene rings is 1. The molecule has 1 aromatic carbocycles. The number of carbonyl (C=O) groups excluding carboxylic acids is 1. The summed E-state index contributed by atoms with van der Waals surface area (Å²) < 4.78 is 1.77. The Hall–Kier alpha value is -2.40. The summed E-state index contributed by atoms with van der Waals surface area (Å²) in [6.45, 7) is 2.01. The third kappa shape index (κ3) is 2.99. The van der Waals surface area contributed by atoms with Gasteiger partial charge in [0.05, 0.1) is 17.4 Å². The number of para-hydroxylation sites is 1. The van der Waals surface area contributed by atoms with Crippen LogP contribution in [0.4, 0.5) is 0 Å². The van der Waals surface area contributed by atoms with Crippen molar-refractivity contribution >= 4 is 17.2 Å². The number of nitrogens with one attached hydrogen (secondary N) is 1. The van der Waals surface area contributed by atoms with Crippen LogP contribution in [0.15, 0.2) is 53.9 Å². The van der Waals surface area contributed by atoms with Gasteiger partial charge in [-0.05, 0) is 49.4 Å². The zero-order valence-corrected chi connectivity index (χ0v) is 14.3. The first-order chi connectivity index (χ1) is 11.7. The zero-order valence-electron chi connectivity index (χ0n) is 13.5. The molecular weight excluding hydrogens is 318 g/mol. The Morgan fingerprint density at radius 3 is 2.71 bits per heavy atom. The van der Waals surface area contributed by atoms with Gasteiger partial charge < -0.3 is 5.32 Å². The molecule has 0 radical (unpaired) electrons. The normalized spacial score (nSPS) is 15.2. The largest absolute Gasteiger partial charge is 0.343 e. The quantitative estimate of drug-likeness (QED) is 0.754. The van der Waals surface area contributed by atoms with Gasteiger partial charge in [-0.15, -0.1) is 11.3 Å². The second-order valence-corrected chi connectivity index (χ2v) is 7.17. The van der Waals surface area contributed by atoms with Crippen LogP contribution in [-0.2, 0) is 0 Å². The molecule has 2 aromatic heterocycles. The van der Waals surface area contributed by atoms with Gasteiger partial charge in [0.15, 0.2) is 0 Å². The van der Waals surface area contributed by atoms with E-state index in [1.54, 1.807) is 16.0 Å². The second-order valence-electron chi connectivity index (χ2n) is 6.19. The lowest BCUT2D eigenvalue weighted by molar-refractivity contribution is 0.0932. The number of hydrogen-bond acceptors (Lipinski definition) is 3. The molecule has 1 amide bonds. The fraction of sp³-hybridized carbons (Fsp3) is 0.263. The van der Waals surface area contributed by atoms with Crippen LogP contribution in [0.3, 0.4) is 0 Å². The molecule has 24 heavy (non-hydrogen) atoms. The van der Waals surface area contributed by atoms with Crippen molar-refractivity contribution < 1.29 is 4.79 Å². The highest BCUT2D eigenvalue weighted by Gasteiger charge is 2.29. The van der Waals surface area contributed by atoms with Gasteiger partial charge in [0, 0.05) is 10.8 Å². The average Bonchev–Trinajstić information content (AvgIpc) is 3.14. The fourth-order valence-corrected chi connectivity index (χ4v) is 3.52. The van der Waals surface area contributed by atoms with Crippen molar-refractivity contribution in [3.63, 3.8) is 0 Å². The number of aromatic nitrogens is 2. The van der Waals surface area contributed by atoms with E-state index in [4.69, 9.17) is 5.10 Å². The predicted octanol–water partition coefficient (Wildman–Crippen LogP) is 4.30. The fourth-order valence-electron chi connectivity index (χ4n) is 2.79. The van der Waals surface area contributed by atoms with Gasteiger partial charge in [0.25, 0.3) is 5.91 Å². The number of amides is 1. The van der Waals surface area contributed by atoms with E-state index in [9.17, 15) is 4.79 Å². The molecular formula is C19H19N3OS. The number of benzene rings is 1. The summed E-state index contributed by atoms with van der Waals surface area (Å²) in [5, 5.41) is 9.81. The Morgan fingerprint density at radius 1 is 1.25 bits per heavy atom. The number of nitrogens with zero attached hydrogens (tertiary/aromatic N) is 2. The van der Waals surface area contributed by atoms with Gasteiger partial charge >= 0.3 is 0 Å². The lowest BCUT2D eigenvalue weighted by Gasteiger charge is -2.13. The molecule has 4 nitrogen and oxygen atoms in total. The molecule has 0 aliphatic heterocycles. The Morgan fingerprint density at radius 2 is 2.04 bits per heavy atom. The molecule has 2 heterocycles. The van der Waals surface area contributed by atoms with Crippen molar-refractivity contribution in [1.29, 1.82) is 0 Å². The molecule has 1 saturated carbocycles. The Labute approximate surface area is 145 Å². The van der Waals surface area contributed by atoms with Crippen LogP contribution in [0.1, 0.15) is 52.8 Å². The Kier molecular flexibility index (Phi) is 3.94. The van der Waals surface area contributed by atoms with Gasteiger partial charge in [-0.2, -0.15) is 5.10 Å². The third-order valence-corrected chi connectivity index (χ3v) is 5.33. The van der Waals surface area contributed by atoms with E-state index in [1.807, 2.05) is 60.8 Å². The van der Waals surface area contributed by atoms with E-state index in [-0.39, 0.29) is 11.9 Å². The van der Waals surface area contributed by atoms with Crippen molar-refractivity contribution in [1.82, 2.24) is 15.1 Å². The summed E-state index contributed by atoms with van der Waals surface area (Å²) in [5.41, 5.74) is 2.54. The monoisotopic (exact) mass is 337 g/mol. The second kappa shape index (κ2) is 6.24. The maximum atomic E-state index is 12.8. The van der Waals surface area contributed by atoms with Crippen LogP contribution < -0.4 is 5.32 Å². The molecule has 1 fully saturated rings. The van der Waals surface area contributed by atoms with Crippen LogP contribution in [0.25, 0.3) is 5.69 Å². The van der Waals surface area contributed by atoms with Gasteiger partial charge in [-0.1, -0.05) is 24.3 Å². The van der Waals surface area contributed by atoms with Crippen LogP contribution in [0.5, 0.6) is 0 Å². The minimum absolute atomic E-state index is 0.0130. The average molecular weight is 337 g/mol. The molecule has 4 rings (SSSR count). The summed E-state index contributed by atoms with van der Waals surface area (Å²) in [6.07, 6.45) is 2.33. The Balaban J connectivity index is 1.64. The van der Waals surface area contributed by atoms with Gasteiger partial charge in [-0.3, -0.25) is 4.79 Å². The lowest BCUT2D eigenvalue weighted by atomic mass is 10.2. The van der Waals surface area contributed by atoms with Gasteiger partial charge in [-0.25, -0.2) is 4.68 Å². The molecule has 0 spiro atoms. The standard InChI is InChI=1S/C19H19N3OS/c1-13(18-8-5-11-24-18)20-19(23)17-12-16(14-9-10-14)21-22(17)15-6-3-2-4-7-15/h2-8,11-14H,9-10H2,1H3,(H,20,23)/t13-/m0/s1. The molecule has 3 aromatic rings. The summed E-state index contributed by atoms with van der Waals surface area (Å²) in [7, 11) is 0. The summed E-state index contributed by atoms with van der Waals surface area (Å²) in [6, 6.07) is 15.8. The first-order valence-corrected chi connectivity index (χ1v) is 9.10. The first-order valence-electron chi connectivity index (χ1n) is 8.22. The van der Waals surface area contributed by atoms with Crippen LogP contribution in [0.2, 0.25) is 0 Å². The van der Waals surface area contributed by atoms with E-state index < -0.39 is 0 Å². The highest BCUT2D eigenvalue weighted by atomic mass is 32.1. The van der Waals surface area contributed by atoms with Crippen LogP contribution >= 0.6 is 11.3 Å². The summed E-state index contributed by atoms with van der Waals surface area (Å²) in [5.74, 6) is 0.426. The highest BCUT2D eigenvalue weighted by molar-refractivity contribution is 7.10. The predicted molar refractivity (Wildman–Crippen MR) is 95.7 cm³/mol. The molecule has 5 heteroatoms. The third-order valence-electron chi connectivity index (χ3n) is 4.27.